The first kappa shape index (κ1) is 37.7. The zero-order valence-electron chi connectivity index (χ0n) is 29.9. The van der Waals surface area contributed by atoms with Gasteiger partial charge in [-0.2, -0.15) is 0 Å². The minimum absolute atomic E-state index is 0.174. The number of hydrogen-bond donors (Lipinski definition) is 6. The van der Waals surface area contributed by atoms with E-state index in [-0.39, 0.29) is 23.6 Å². The summed E-state index contributed by atoms with van der Waals surface area (Å²) in [5.74, 6) is 0.323. The van der Waals surface area contributed by atoms with Gasteiger partial charge in [-0.3, -0.25) is 9.59 Å². The fraction of sp³-hybridized carbons (Fsp3) is 0.359. The second kappa shape index (κ2) is 17.6. The predicted octanol–water partition coefficient (Wildman–Crippen LogP) is 4.40. The van der Waals surface area contributed by atoms with Crippen molar-refractivity contribution in [2.75, 3.05) is 56.6 Å². The lowest BCUT2D eigenvalue weighted by atomic mass is 9.87. The van der Waals surface area contributed by atoms with Gasteiger partial charge in [-0.15, -0.1) is 0 Å². The van der Waals surface area contributed by atoms with Gasteiger partial charge in [0.25, 0.3) is 5.91 Å². The number of ether oxygens (including phenoxy) is 1. The molecule has 0 saturated carbocycles. The average molecular weight is 739 g/mol. The summed E-state index contributed by atoms with van der Waals surface area (Å²) in [5.41, 5.74) is 17.3. The Bertz CT molecular complexity index is 2000. The van der Waals surface area contributed by atoms with Crippen LogP contribution in [-0.4, -0.2) is 83.2 Å². The maximum absolute atomic E-state index is 13.7. The minimum Gasteiger partial charge on any atom is -0.397 e. The topological polar surface area (TPSA) is 189 Å². The molecule has 1 atom stereocenters. The smallest absolute Gasteiger partial charge is 0.272 e. The third-order valence-corrected chi connectivity index (χ3v) is 9.94. The largest absolute Gasteiger partial charge is 0.397 e. The van der Waals surface area contributed by atoms with E-state index in [0.29, 0.717) is 75.9 Å². The van der Waals surface area contributed by atoms with Crippen LogP contribution in [-0.2, 0) is 16.0 Å². The van der Waals surface area contributed by atoms with E-state index in [1.54, 1.807) is 18.6 Å². The monoisotopic (exact) mass is 738 g/mol. The molecule has 1 aliphatic heterocycles. The number of pyridine rings is 1. The number of aryl methyl sites for hydroxylation is 1. The number of carbonyl (C=O) groups is 2. The average Bonchev–Trinajstić information content (AvgIpc) is 3.67. The zero-order chi connectivity index (χ0) is 37.2. The van der Waals surface area contributed by atoms with Gasteiger partial charge in [0.15, 0.2) is 5.69 Å². The van der Waals surface area contributed by atoms with Gasteiger partial charge in [-0.1, -0.05) is 54.9 Å². The quantitative estimate of drug-likeness (QED) is 0.0792. The van der Waals surface area contributed by atoms with Crippen LogP contribution in [0.4, 0.5) is 11.5 Å². The number of rotatable bonds is 16. The number of nitrogens with one attached hydrogen (secondary N) is 4. The number of carbonyl (C=O) groups excluding carboxylic acids is 2. The molecule has 2 aromatic carbocycles. The number of piperidine rings is 1. The zero-order valence-corrected chi connectivity index (χ0v) is 30.7. The number of H-pyrrole nitrogens is 1. The molecule has 53 heavy (non-hydrogen) atoms. The molecule has 1 saturated heterocycles. The molecule has 14 heteroatoms. The Morgan fingerprint density at radius 1 is 1.00 bits per heavy atom. The van der Waals surface area contributed by atoms with E-state index in [4.69, 9.17) is 27.8 Å². The second-order valence-electron chi connectivity index (χ2n) is 13.3. The second-order valence-corrected chi connectivity index (χ2v) is 13.7. The van der Waals surface area contributed by atoms with Crippen LogP contribution in [0, 0.1) is 0 Å². The van der Waals surface area contributed by atoms with Crippen LogP contribution in [0.1, 0.15) is 53.8 Å². The fourth-order valence-corrected chi connectivity index (χ4v) is 6.64. The molecule has 5 aromatic rings. The third-order valence-electron chi connectivity index (χ3n) is 9.68. The van der Waals surface area contributed by atoms with Gasteiger partial charge in [0, 0.05) is 49.2 Å². The van der Waals surface area contributed by atoms with Crippen molar-refractivity contribution in [2.45, 2.75) is 44.2 Å². The van der Waals surface area contributed by atoms with Crippen LogP contribution in [0.15, 0.2) is 79.4 Å². The minimum atomic E-state index is -1.01. The number of nitrogen functional groups attached to an aromatic ring is 1. The highest BCUT2D eigenvalue weighted by atomic mass is 35.5. The van der Waals surface area contributed by atoms with Gasteiger partial charge < -0.3 is 42.0 Å². The van der Waals surface area contributed by atoms with Gasteiger partial charge in [0.2, 0.25) is 5.91 Å². The van der Waals surface area contributed by atoms with E-state index in [2.05, 4.69) is 59.8 Å². The van der Waals surface area contributed by atoms with Crippen molar-refractivity contribution in [3.63, 3.8) is 0 Å². The highest BCUT2D eigenvalue weighted by Crippen LogP contribution is 2.29. The Morgan fingerprint density at radius 2 is 1.79 bits per heavy atom. The van der Waals surface area contributed by atoms with E-state index in [9.17, 15) is 9.59 Å². The van der Waals surface area contributed by atoms with Crippen molar-refractivity contribution in [1.82, 2.24) is 35.9 Å². The molecule has 13 nitrogen and oxygen atoms in total. The van der Waals surface area contributed by atoms with Crippen LogP contribution in [0.3, 0.4) is 0 Å². The molecule has 0 bridgehead atoms. The lowest BCUT2D eigenvalue weighted by Crippen LogP contribution is -2.60. The molecular weight excluding hydrogens is 692 g/mol. The molecule has 6 rings (SSSR count). The molecule has 1 aliphatic rings. The number of nitrogens with zero attached hydrogens (tertiary/aromatic N) is 4. The van der Waals surface area contributed by atoms with E-state index in [1.807, 2.05) is 48.7 Å². The molecular formula is C39H47ClN10O3. The van der Waals surface area contributed by atoms with Gasteiger partial charge in [0.1, 0.15) is 17.8 Å². The first-order chi connectivity index (χ1) is 25.7. The number of aromatic nitrogens is 4. The van der Waals surface area contributed by atoms with Crippen LogP contribution in [0.25, 0.3) is 22.2 Å². The van der Waals surface area contributed by atoms with Crippen molar-refractivity contribution < 1.29 is 14.3 Å². The summed E-state index contributed by atoms with van der Waals surface area (Å²) in [5, 5.41) is 11.0. The van der Waals surface area contributed by atoms with Gasteiger partial charge >= 0.3 is 0 Å². The summed E-state index contributed by atoms with van der Waals surface area (Å²) in [6, 6.07) is 19.2. The lowest BCUT2D eigenvalue weighted by molar-refractivity contribution is -0.128. The Labute approximate surface area is 314 Å². The molecule has 0 spiro atoms. The highest BCUT2D eigenvalue weighted by Gasteiger charge is 2.39. The summed E-state index contributed by atoms with van der Waals surface area (Å²) in [6.07, 6.45) is 7.61. The number of nitrogens with two attached hydrogens (primary N) is 2. The summed E-state index contributed by atoms with van der Waals surface area (Å²) < 4.78 is 5.73. The van der Waals surface area contributed by atoms with E-state index in [0.717, 1.165) is 40.0 Å². The standard InChI is InChI=1S/C39H47ClN10O3/c1-2-26-4-3-5-28(22-26)29-23-32(41)34(46-24-29)37(51)45-17-21-53-20-16-43-14-11-33(27-6-8-30(40)9-7-27)49-38(52)39(42)12-18-50(19-13-39)36-31-10-15-44-35(31)47-25-48-36/h3-10,15,22-25,33,43H,2,11-14,16-21,41-42H2,1H3,(H,45,51)(H,49,52)(H,44,47,48)/t33-/m0/s1. The molecule has 0 aliphatic carbocycles. The number of hydrogen-bond acceptors (Lipinski definition) is 10. The van der Waals surface area contributed by atoms with Crippen LogP contribution in [0.2, 0.25) is 5.02 Å². The number of amides is 2. The van der Waals surface area contributed by atoms with E-state index in [1.165, 1.54) is 5.56 Å². The molecule has 278 valence electrons. The maximum Gasteiger partial charge on any atom is 0.272 e. The van der Waals surface area contributed by atoms with E-state index >= 15 is 0 Å². The summed E-state index contributed by atoms with van der Waals surface area (Å²) in [7, 11) is 0. The van der Waals surface area contributed by atoms with Crippen molar-refractivity contribution in [3.05, 3.63) is 101 Å². The van der Waals surface area contributed by atoms with Crippen LogP contribution >= 0.6 is 11.6 Å². The molecule has 0 unspecified atom stereocenters. The summed E-state index contributed by atoms with van der Waals surface area (Å²) in [4.78, 5) is 44.8. The van der Waals surface area contributed by atoms with Crippen molar-refractivity contribution in [1.29, 1.82) is 0 Å². The first-order valence-electron chi connectivity index (χ1n) is 18.0. The normalized spacial score (nSPS) is 14.6. The highest BCUT2D eigenvalue weighted by molar-refractivity contribution is 6.30. The number of benzene rings is 2. The fourth-order valence-electron chi connectivity index (χ4n) is 6.51. The van der Waals surface area contributed by atoms with E-state index < -0.39 is 5.54 Å². The Kier molecular flexibility index (Phi) is 12.5. The number of fused-ring (bicyclic) bond motifs is 1. The van der Waals surface area contributed by atoms with Crippen molar-refractivity contribution >= 4 is 46.0 Å². The Balaban J connectivity index is 0.919. The van der Waals surface area contributed by atoms with Crippen LogP contribution in [0.5, 0.6) is 0 Å². The number of anilines is 2. The molecule has 0 radical (unpaired) electrons. The third kappa shape index (κ3) is 9.48. The summed E-state index contributed by atoms with van der Waals surface area (Å²) >= 11 is 6.17. The predicted molar refractivity (Wildman–Crippen MR) is 209 cm³/mol. The Hall–Kier alpha value is -5.08. The van der Waals surface area contributed by atoms with Gasteiger partial charge in [-0.25, -0.2) is 15.0 Å². The molecule has 3 aromatic heterocycles. The number of halogens is 1. The molecule has 1 fully saturated rings. The summed E-state index contributed by atoms with van der Waals surface area (Å²) in [6.45, 7) is 5.63. The van der Waals surface area contributed by atoms with Crippen molar-refractivity contribution in [3.8, 4) is 11.1 Å². The van der Waals surface area contributed by atoms with Crippen molar-refractivity contribution in [2.24, 2.45) is 5.73 Å². The van der Waals surface area contributed by atoms with Gasteiger partial charge in [-0.05, 0) is 73.2 Å². The first-order valence-corrected chi connectivity index (χ1v) is 18.4. The SMILES string of the molecule is CCc1cccc(-c2cnc(C(=O)NCCOCCNCC[C@H](NC(=O)C3(N)CCN(c4ncnc5[nH]ccc45)CC3)c3ccc(Cl)cc3)c(N)c2)c1. The Morgan fingerprint density at radius 3 is 2.57 bits per heavy atom. The lowest BCUT2D eigenvalue weighted by Gasteiger charge is -2.39. The molecule has 8 N–H and O–H groups in total. The maximum atomic E-state index is 13.7. The van der Waals surface area contributed by atoms with Gasteiger partial charge in [0.05, 0.1) is 35.9 Å². The van der Waals surface area contributed by atoms with Crippen LogP contribution < -0.4 is 32.3 Å². The molecule has 4 heterocycles. The number of aromatic amines is 1. The molecule has 2 amide bonds.